The van der Waals surface area contributed by atoms with Crippen molar-refractivity contribution in [2.75, 3.05) is 11.9 Å². The van der Waals surface area contributed by atoms with Crippen LogP contribution < -0.4 is 5.32 Å². The summed E-state index contributed by atoms with van der Waals surface area (Å²) in [5.74, 6) is -1.06. The molecule has 0 aliphatic carbocycles. The summed E-state index contributed by atoms with van der Waals surface area (Å²) in [6, 6.07) is 4.65. The summed E-state index contributed by atoms with van der Waals surface area (Å²) in [5, 5.41) is 11.8. The van der Waals surface area contributed by atoms with E-state index in [-0.39, 0.29) is 17.6 Å². The Morgan fingerprint density at radius 2 is 2.21 bits per heavy atom. The highest BCUT2D eigenvalue weighted by Gasteiger charge is 2.26. The van der Waals surface area contributed by atoms with Crippen LogP contribution in [0.3, 0.4) is 0 Å². The topological polar surface area (TPSA) is 69.6 Å². The minimum absolute atomic E-state index is 0.0865. The van der Waals surface area contributed by atoms with Crippen molar-refractivity contribution in [2.45, 2.75) is 25.8 Å². The van der Waals surface area contributed by atoms with E-state index in [1.54, 1.807) is 17.0 Å². The maximum atomic E-state index is 12.1. The van der Waals surface area contributed by atoms with Gasteiger partial charge in [-0.15, -0.1) is 0 Å². The second-order valence-electron chi connectivity index (χ2n) is 4.61. The lowest BCUT2D eigenvalue weighted by atomic mass is 10.2. The van der Waals surface area contributed by atoms with E-state index < -0.39 is 5.97 Å². The maximum Gasteiger partial charge on any atom is 0.337 e. The van der Waals surface area contributed by atoms with Gasteiger partial charge in [0.15, 0.2) is 0 Å². The molecule has 0 bridgehead atoms. The Kier molecular flexibility index (Phi) is 4.09. The number of hydrogen-bond donors (Lipinski definition) is 2. The molecule has 6 heteroatoms. The Hall–Kier alpha value is -1.56. The Labute approximate surface area is 119 Å². The Morgan fingerprint density at radius 1 is 1.47 bits per heavy atom. The van der Waals surface area contributed by atoms with E-state index in [0.717, 1.165) is 17.3 Å². The Balaban J connectivity index is 2.20. The summed E-state index contributed by atoms with van der Waals surface area (Å²) in [7, 11) is 0. The summed E-state index contributed by atoms with van der Waals surface area (Å²) >= 11 is 3.27. The van der Waals surface area contributed by atoms with Crippen molar-refractivity contribution in [3.05, 3.63) is 28.2 Å². The molecule has 102 valence electrons. The van der Waals surface area contributed by atoms with Crippen LogP contribution in [-0.2, 0) is 0 Å². The number of carbonyl (C=O) groups is 2. The first-order chi connectivity index (χ1) is 8.99. The molecule has 1 aromatic carbocycles. The highest BCUT2D eigenvalue weighted by molar-refractivity contribution is 9.10. The zero-order valence-electron chi connectivity index (χ0n) is 10.5. The predicted molar refractivity (Wildman–Crippen MR) is 75.5 cm³/mol. The molecule has 19 heavy (non-hydrogen) atoms. The van der Waals surface area contributed by atoms with Gasteiger partial charge in [0.2, 0.25) is 0 Å². The van der Waals surface area contributed by atoms with Gasteiger partial charge in [-0.25, -0.2) is 9.59 Å². The molecule has 1 saturated heterocycles. The SMILES string of the molecule is CC1CCCN1C(=O)Nc1cc(Br)ccc1C(=O)O. The number of anilines is 1. The van der Waals surface area contributed by atoms with Crippen LogP contribution in [0.2, 0.25) is 0 Å². The number of halogens is 1. The molecule has 0 spiro atoms. The van der Waals surface area contributed by atoms with Crippen LogP contribution in [0.1, 0.15) is 30.1 Å². The van der Waals surface area contributed by atoms with Crippen LogP contribution in [0.25, 0.3) is 0 Å². The molecular weight excluding hydrogens is 312 g/mol. The lowest BCUT2D eigenvalue weighted by molar-refractivity contribution is 0.0698. The van der Waals surface area contributed by atoms with E-state index in [0.29, 0.717) is 12.2 Å². The number of nitrogens with one attached hydrogen (secondary N) is 1. The minimum atomic E-state index is -1.06. The Bertz CT molecular complexity index is 519. The number of carboxylic acids is 1. The van der Waals surface area contributed by atoms with Crippen molar-refractivity contribution in [3.8, 4) is 0 Å². The number of urea groups is 1. The number of carboxylic acid groups (broad SMARTS) is 1. The number of rotatable bonds is 2. The first-order valence-electron chi connectivity index (χ1n) is 6.09. The van der Waals surface area contributed by atoms with Gasteiger partial charge < -0.3 is 15.3 Å². The molecule has 1 atom stereocenters. The molecule has 5 nitrogen and oxygen atoms in total. The predicted octanol–water partition coefficient (Wildman–Crippen LogP) is 3.16. The van der Waals surface area contributed by atoms with Gasteiger partial charge in [0.05, 0.1) is 11.3 Å². The van der Waals surface area contributed by atoms with Crippen LogP contribution in [0.15, 0.2) is 22.7 Å². The maximum absolute atomic E-state index is 12.1. The number of likely N-dealkylation sites (tertiary alicyclic amines) is 1. The monoisotopic (exact) mass is 326 g/mol. The molecule has 0 saturated carbocycles. The number of amides is 2. The molecule has 1 fully saturated rings. The lowest BCUT2D eigenvalue weighted by Gasteiger charge is -2.22. The van der Waals surface area contributed by atoms with Crippen molar-refractivity contribution in [3.63, 3.8) is 0 Å². The number of carbonyl (C=O) groups excluding carboxylic acids is 1. The van der Waals surface area contributed by atoms with Gasteiger partial charge in [-0.1, -0.05) is 15.9 Å². The lowest BCUT2D eigenvalue weighted by Crippen LogP contribution is -2.37. The first kappa shape index (κ1) is 13.9. The van der Waals surface area contributed by atoms with Crippen LogP contribution in [0, 0.1) is 0 Å². The summed E-state index contributed by atoms with van der Waals surface area (Å²) in [5.41, 5.74) is 0.398. The standard InChI is InChI=1S/C13H15BrN2O3/c1-8-3-2-6-16(8)13(19)15-11-7-9(14)4-5-10(11)12(17)18/h4-5,7-8H,2-3,6H2,1H3,(H,15,19)(H,17,18). The number of aromatic carboxylic acids is 1. The quantitative estimate of drug-likeness (QED) is 0.877. The molecule has 2 N–H and O–H groups in total. The molecule has 1 aliphatic rings. The third-order valence-corrected chi connectivity index (χ3v) is 3.76. The largest absolute Gasteiger partial charge is 0.478 e. The van der Waals surface area contributed by atoms with Crippen molar-refractivity contribution >= 4 is 33.6 Å². The first-order valence-corrected chi connectivity index (χ1v) is 6.89. The van der Waals surface area contributed by atoms with Crippen molar-refractivity contribution in [1.82, 2.24) is 4.90 Å². The highest BCUT2D eigenvalue weighted by Crippen LogP contribution is 2.23. The molecule has 2 rings (SSSR count). The second kappa shape index (κ2) is 5.61. The van der Waals surface area contributed by atoms with E-state index in [9.17, 15) is 9.59 Å². The van der Waals surface area contributed by atoms with Gasteiger partial charge in [-0.3, -0.25) is 0 Å². The molecule has 0 aromatic heterocycles. The number of nitrogens with zero attached hydrogens (tertiary/aromatic N) is 1. The van der Waals surface area contributed by atoms with E-state index in [4.69, 9.17) is 5.11 Å². The van der Waals surface area contributed by atoms with E-state index in [2.05, 4.69) is 21.2 Å². The molecular formula is C13H15BrN2O3. The van der Waals surface area contributed by atoms with E-state index in [1.165, 1.54) is 6.07 Å². The fourth-order valence-corrected chi connectivity index (χ4v) is 2.59. The van der Waals surface area contributed by atoms with Gasteiger partial charge >= 0.3 is 12.0 Å². The van der Waals surface area contributed by atoms with Crippen molar-refractivity contribution in [2.24, 2.45) is 0 Å². The van der Waals surface area contributed by atoms with Crippen molar-refractivity contribution < 1.29 is 14.7 Å². The third kappa shape index (κ3) is 3.07. The normalized spacial score (nSPS) is 18.4. The average molecular weight is 327 g/mol. The fourth-order valence-electron chi connectivity index (χ4n) is 2.23. The smallest absolute Gasteiger partial charge is 0.337 e. The van der Waals surface area contributed by atoms with Gasteiger partial charge in [0.25, 0.3) is 0 Å². The minimum Gasteiger partial charge on any atom is -0.478 e. The fraction of sp³-hybridized carbons (Fsp3) is 0.385. The molecule has 1 aromatic rings. The van der Waals surface area contributed by atoms with E-state index >= 15 is 0 Å². The van der Waals surface area contributed by atoms with Gasteiger partial charge in [-0.05, 0) is 38.0 Å². The third-order valence-electron chi connectivity index (χ3n) is 3.27. The molecule has 2 amide bonds. The van der Waals surface area contributed by atoms with Gasteiger partial charge in [0.1, 0.15) is 0 Å². The zero-order chi connectivity index (χ0) is 14.0. The zero-order valence-corrected chi connectivity index (χ0v) is 12.1. The molecule has 1 unspecified atom stereocenters. The van der Waals surface area contributed by atoms with E-state index in [1.807, 2.05) is 6.92 Å². The number of hydrogen-bond acceptors (Lipinski definition) is 2. The highest BCUT2D eigenvalue weighted by atomic mass is 79.9. The molecule has 1 heterocycles. The van der Waals surface area contributed by atoms with Gasteiger partial charge in [-0.2, -0.15) is 0 Å². The van der Waals surface area contributed by atoms with Crippen molar-refractivity contribution in [1.29, 1.82) is 0 Å². The summed E-state index contributed by atoms with van der Waals surface area (Å²) in [6.07, 6.45) is 1.97. The second-order valence-corrected chi connectivity index (χ2v) is 5.53. The Morgan fingerprint density at radius 3 is 2.79 bits per heavy atom. The summed E-state index contributed by atoms with van der Waals surface area (Å²) < 4.78 is 0.724. The summed E-state index contributed by atoms with van der Waals surface area (Å²) in [6.45, 7) is 2.70. The van der Waals surface area contributed by atoms with Crippen LogP contribution in [0.4, 0.5) is 10.5 Å². The molecule has 1 aliphatic heterocycles. The van der Waals surface area contributed by atoms with Crippen LogP contribution in [0.5, 0.6) is 0 Å². The molecule has 0 radical (unpaired) electrons. The van der Waals surface area contributed by atoms with Gasteiger partial charge in [0, 0.05) is 17.1 Å². The average Bonchev–Trinajstić information content (AvgIpc) is 2.75. The number of benzene rings is 1. The van der Waals surface area contributed by atoms with Crippen LogP contribution >= 0.6 is 15.9 Å². The van der Waals surface area contributed by atoms with Crippen LogP contribution in [-0.4, -0.2) is 34.6 Å². The summed E-state index contributed by atoms with van der Waals surface area (Å²) in [4.78, 5) is 25.0.